The highest BCUT2D eigenvalue weighted by molar-refractivity contribution is 5.95. The Hall–Kier alpha value is -2.36. The highest BCUT2D eigenvalue weighted by atomic mass is 15.0. The van der Waals surface area contributed by atoms with Crippen LogP contribution in [0.15, 0.2) is 36.8 Å². The van der Waals surface area contributed by atoms with Crippen molar-refractivity contribution in [2.75, 3.05) is 5.32 Å². The molecule has 3 aromatic heterocycles. The van der Waals surface area contributed by atoms with Crippen molar-refractivity contribution in [1.82, 2.24) is 15.0 Å². The summed E-state index contributed by atoms with van der Waals surface area (Å²) in [4.78, 5) is 12.2. The molecule has 2 N–H and O–H groups in total. The summed E-state index contributed by atoms with van der Waals surface area (Å²) in [6.07, 6.45) is 10.8. The van der Waals surface area contributed by atoms with E-state index in [1.54, 1.807) is 0 Å². The van der Waals surface area contributed by atoms with Crippen molar-refractivity contribution >= 4 is 16.9 Å². The maximum atomic E-state index is 4.73. The lowest BCUT2D eigenvalue weighted by Gasteiger charge is -2.15. The van der Waals surface area contributed by atoms with Crippen LogP contribution in [0.4, 0.5) is 5.82 Å². The van der Waals surface area contributed by atoms with Crippen molar-refractivity contribution in [3.8, 4) is 11.1 Å². The molecule has 4 rings (SSSR count). The van der Waals surface area contributed by atoms with Crippen LogP contribution in [-0.2, 0) is 0 Å². The van der Waals surface area contributed by atoms with E-state index in [2.05, 4.69) is 40.4 Å². The Morgan fingerprint density at radius 1 is 1.18 bits per heavy atom. The van der Waals surface area contributed by atoms with Crippen molar-refractivity contribution in [3.05, 3.63) is 42.4 Å². The molecule has 0 amide bonds. The third-order valence-electron chi connectivity index (χ3n) is 4.55. The van der Waals surface area contributed by atoms with Gasteiger partial charge in [-0.1, -0.05) is 12.8 Å². The molecule has 22 heavy (non-hydrogen) atoms. The van der Waals surface area contributed by atoms with Crippen molar-refractivity contribution < 1.29 is 0 Å². The Bertz CT molecular complexity index is 800. The van der Waals surface area contributed by atoms with Gasteiger partial charge in [0.15, 0.2) is 0 Å². The van der Waals surface area contributed by atoms with E-state index in [1.165, 1.54) is 42.4 Å². The minimum absolute atomic E-state index is 0.561. The standard InChI is InChI=1S/C18H20N4/c1-12-11-19-8-6-14(12)16-10-17(21-13-4-2-3-5-13)22-18-15(16)7-9-20-18/h6-11,13H,2-5H2,1H3,(H2,20,21,22). The average molecular weight is 292 g/mol. The van der Waals surface area contributed by atoms with Gasteiger partial charge in [0.1, 0.15) is 11.5 Å². The minimum Gasteiger partial charge on any atom is -0.367 e. The number of aryl methyl sites for hydroxylation is 1. The van der Waals surface area contributed by atoms with Gasteiger partial charge < -0.3 is 10.3 Å². The van der Waals surface area contributed by atoms with Gasteiger partial charge in [0.2, 0.25) is 0 Å². The molecule has 0 unspecified atom stereocenters. The fraction of sp³-hybridized carbons (Fsp3) is 0.333. The fourth-order valence-corrected chi connectivity index (χ4v) is 3.39. The molecule has 4 nitrogen and oxygen atoms in total. The largest absolute Gasteiger partial charge is 0.367 e. The number of anilines is 1. The van der Waals surface area contributed by atoms with Crippen LogP contribution in [0, 0.1) is 6.92 Å². The van der Waals surface area contributed by atoms with E-state index in [0.717, 1.165) is 16.9 Å². The molecule has 0 atom stereocenters. The van der Waals surface area contributed by atoms with Gasteiger partial charge in [0.05, 0.1) is 0 Å². The summed E-state index contributed by atoms with van der Waals surface area (Å²) in [7, 11) is 0. The van der Waals surface area contributed by atoms with Gasteiger partial charge in [-0.25, -0.2) is 4.98 Å². The number of hydrogen-bond donors (Lipinski definition) is 2. The Labute approximate surface area is 130 Å². The number of aromatic amines is 1. The maximum Gasteiger partial charge on any atom is 0.140 e. The Kier molecular flexibility index (Phi) is 3.29. The normalized spacial score (nSPS) is 15.5. The van der Waals surface area contributed by atoms with Crippen LogP contribution >= 0.6 is 0 Å². The van der Waals surface area contributed by atoms with E-state index in [-0.39, 0.29) is 0 Å². The molecule has 1 fully saturated rings. The highest BCUT2D eigenvalue weighted by Crippen LogP contribution is 2.32. The van der Waals surface area contributed by atoms with Crippen LogP contribution < -0.4 is 5.32 Å². The Morgan fingerprint density at radius 3 is 2.86 bits per heavy atom. The molecular formula is C18H20N4. The average Bonchev–Trinajstić information content (AvgIpc) is 3.18. The molecule has 0 aromatic carbocycles. The van der Waals surface area contributed by atoms with Gasteiger partial charge in [0, 0.05) is 30.0 Å². The summed E-state index contributed by atoms with van der Waals surface area (Å²) in [5.41, 5.74) is 4.56. The lowest BCUT2D eigenvalue weighted by molar-refractivity contribution is 0.751. The summed E-state index contributed by atoms with van der Waals surface area (Å²) in [6, 6.07) is 6.91. The van der Waals surface area contributed by atoms with Crippen LogP contribution in [-0.4, -0.2) is 21.0 Å². The fourth-order valence-electron chi connectivity index (χ4n) is 3.39. The smallest absolute Gasteiger partial charge is 0.140 e. The van der Waals surface area contributed by atoms with Gasteiger partial charge in [-0.15, -0.1) is 0 Å². The lowest BCUT2D eigenvalue weighted by Crippen LogP contribution is -2.15. The number of aromatic nitrogens is 3. The topological polar surface area (TPSA) is 53.6 Å². The van der Waals surface area contributed by atoms with E-state index in [0.29, 0.717) is 6.04 Å². The molecule has 0 spiro atoms. The molecule has 3 heterocycles. The molecule has 0 radical (unpaired) electrons. The first-order chi connectivity index (χ1) is 10.8. The molecule has 4 heteroatoms. The predicted octanol–water partition coefficient (Wildman–Crippen LogP) is 4.29. The van der Waals surface area contributed by atoms with Crippen LogP contribution in [0.25, 0.3) is 22.2 Å². The zero-order chi connectivity index (χ0) is 14.9. The molecule has 0 bridgehead atoms. The first-order valence-corrected chi connectivity index (χ1v) is 7.97. The van der Waals surface area contributed by atoms with Crippen LogP contribution in [0.2, 0.25) is 0 Å². The molecule has 1 aliphatic carbocycles. The second kappa shape index (κ2) is 5.44. The van der Waals surface area contributed by atoms with Gasteiger partial charge in [-0.05, 0) is 54.7 Å². The van der Waals surface area contributed by atoms with Crippen molar-refractivity contribution in [3.63, 3.8) is 0 Å². The molecule has 0 saturated heterocycles. The van der Waals surface area contributed by atoms with E-state index < -0.39 is 0 Å². The Morgan fingerprint density at radius 2 is 2.05 bits per heavy atom. The summed E-state index contributed by atoms with van der Waals surface area (Å²) in [6.45, 7) is 2.10. The second-order valence-electron chi connectivity index (χ2n) is 6.11. The highest BCUT2D eigenvalue weighted by Gasteiger charge is 2.17. The maximum absolute atomic E-state index is 4.73. The van der Waals surface area contributed by atoms with Gasteiger partial charge in [-0.2, -0.15) is 0 Å². The van der Waals surface area contributed by atoms with Crippen LogP contribution in [0.1, 0.15) is 31.2 Å². The molecule has 112 valence electrons. The number of fused-ring (bicyclic) bond motifs is 1. The molecule has 3 aromatic rings. The molecule has 1 saturated carbocycles. The van der Waals surface area contributed by atoms with Crippen molar-refractivity contribution in [2.45, 2.75) is 38.6 Å². The molecular weight excluding hydrogens is 272 g/mol. The Balaban J connectivity index is 1.82. The zero-order valence-electron chi connectivity index (χ0n) is 12.8. The van der Waals surface area contributed by atoms with E-state index >= 15 is 0 Å². The first kappa shape index (κ1) is 13.3. The number of hydrogen-bond acceptors (Lipinski definition) is 3. The zero-order valence-corrected chi connectivity index (χ0v) is 12.8. The number of nitrogens with one attached hydrogen (secondary N) is 2. The summed E-state index contributed by atoms with van der Waals surface area (Å²) in [5.74, 6) is 0.966. The summed E-state index contributed by atoms with van der Waals surface area (Å²) >= 11 is 0. The monoisotopic (exact) mass is 292 g/mol. The summed E-state index contributed by atoms with van der Waals surface area (Å²) < 4.78 is 0. The molecule has 1 aliphatic rings. The molecule has 0 aliphatic heterocycles. The van der Waals surface area contributed by atoms with E-state index in [1.807, 2.05) is 18.6 Å². The SMILES string of the molecule is Cc1cnccc1-c1cc(NC2CCCC2)nc2[nH]ccc12. The van der Waals surface area contributed by atoms with E-state index in [4.69, 9.17) is 4.98 Å². The first-order valence-electron chi connectivity index (χ1n) is 7.97. The second-order valence-corrected chi connectivity index (χ2v) is 6.11. The number of rotatable bonds is 3. The minimum atomic E-state index is 0.561. The number of pyridine rings is 2. The van der Waals surface area contributed by atoms with Gasteiger partial charge >= 0.3 is 0 Å². The van der Waals surface area contributed by atoms with Crippen molar-refractivity contribution in [2.24, 2.45) is 0 Å². The third kappa shape index (κ3) is 2.34. The predicted molar refractivity (Wildman–Crippen MR) is 89.9 cm³/mol. The van der Waals surface area contributed by atoms with Crippen molar-refractivity contribution in [1.29, 1.82) is 0 Å². The number of nitrogens with zero attached hydrogens (tertiary/aromatic N) is 2. The summed E-state index contributed by atoms with van der Waals surface area (Å²) in [5, 5.41) is 4.76. The third-order valence-corrected chi connectivity index (χ3v) is 4.55. The number of H-pyrrole nitrogens is 1. The van der Waals surface area contributed by atoms with Crippen LogP contribution in [0.5, 0.6) is 0 Å². The van der Waals surface area contributed by atoms with E-state index in [9.17, 15) is 0 Å². The van der Waals surface area contributed by atoms with Gasteiger partial charge in [0.25, 0.3) is 0 Å². The quantitative estimate of drug-likeness (QED) is 0.757. The lowest BCUT2D eigenvalue weighted by atomic mass is 10.0. The van der Waals surface area contributed by atoms with Crippen LogP contribution in [0.3, 0.4) is 0 Å². The van der Waals surface area contributed by atoms with Gasteiger partial charge in [-0.3, -0.25) is 4.98 Å².